The number of aromatic nitrogens is 1. The number of rotatable bonds is 6. The largest absolute Gasteiger partial charge is 0.507 e. The molecule has 7 nitrogen and oxygen atoms in total. The number of amides is 1. The van der Waals surface area contributed by atoms with Gasteiger partial charge in [0.25, 0.3) is 5.78 Å². The van der Waals surface area contributed by atoms with Gasteiger partial charge in [-0.25, -0.2) is 14.2 Å². The van der Waals surface area contributed by atoms with Gasteiger partial charge in [-0.05, 0) is 36.8 Å². The van der Waals surface area contributed by atoms with E-state index >= 15 is 0 Å². The van der Waals surface area contributed by atoms with Crippen LogP contribution >= 0.6 is 11.3 Å². The number of ketones is 1. The van der Waals surface area contributed by atoms with E-state index < -0.39 is 35.3 Å². The third-order valence-corrected chi connectivity index (χ3v) is 6.32. The number of carbonyl (C=O) groups is 3. The van der Waals surface area contributed by atoms with Gasteiger partial charge in [-0.15, -0.1) is 0 Å². The van der Waals surface area contributed by atoms with Gasteiger partial charge in [0.15, 0.2) is 5.13 Å². The van der Waals surface area contributed by atoms with Crippen LogP contribution in [0.5, 0.6) is 0 Å². The van der Waals surface area contributed by atoms with Crippen LogP contribution in [0.3, 0.4) is 0 Å². The van der Waals surface area contributed by atoms with Crippen molar-refractivity contribution in [3.63, 3.8) is 0 Å². The van der Waals surface area contributed by atoms with E-state index in [1.54, 1.807) is 37.3 Å². The summed E-state index contributed by atoms with van der Waals surface area (Å²) in [5.41, 5.74) is 0.908. The van der Waals surface area contributed by atoms with Crippen LogP contribution in [0.15, 0.2) is 72.8 Å². The number of anilines is 1. The van der Waals surface area contributed by atoms with E-state index in [4.69, 9.17) is 4.74 Å². The molecular weight excluding hydrogens is 459 g/mol. The number of thiazole rings is 1. The maximum Gasteiger partial charge on any atom is 0.350 e. The lowest BCUT2D eigenvalue weighted by atomic mass is 9.95. The van der Waals surface area contributed by atoms with Crippen molar-refractivity contribution in [3.8, 4) is 0 Å². The summed E-state index contributed by atoms with van der Waals surface area (Å²) in [6.45, 7) is 5.11. The fraction of sp³-hybridized carbons (Fsp3) is 0.120. The molecule has 0 bridgehead atoms. The summed E-state index contributed by atoms with van der Waals surface area (Å²) >= 11 is 0.910. The monoisotopic (exact) mass is 478 g/mol. The van der Waals surface area contributed by atoms with Gasteiger partial charge in [-0.1, -0.05) is 54.3 Å². The standard InChI is InChI=1S/C25H19FN2O5S/c1-3-13-33-24(32)22-14(2)27-25(34-22)28-19(15-7-5-4-6-8-15)18(21(30)23(28)31)20(29)16-9-11-17(26)12-10-16/h3-12,19,29H,1,13H2,2H3/t19-/m1/s1. The van der Waals surface area contributed by atoms with Crippen molar-refractivity contribution in [2.24, 2.45) is 0 Å². The molecule has 0 aliphatic carbocycles. The predicted octanol–water partition coefficient (Wildman–Crippen LogP) is 4.56. The van der Waals surface area contributed by atoms with Crippen LogP contribution < -0.4 is 4.90 Å². The summed E-state index contributed by atoms with van der Waals surface area (Å²) < 4.78 is 18.5. The summed E-state index contributed by atoms with van der Waals surface area (Å²) in [7, 11) is 0. The smallest absolute Gasteiger partial charge is 0.350 e. The highest BCUT2D eigenvalue weighted by Gasteiger charge is 2.48. The maximum absolute atomic E-state index is 13.4. The molecule has 0 saturated carbocycles. The number of nitrogens with zero attached hydrogens (tertiary/aromatic N) is 2. The Balaban J connectivity index is 1.86. The number of esters is 1. The second-order valence-corrected chi connectivity index (χ2v) is 8.36. The molecule has 1 aliphatic rings. The maximum atomic E-state index is 13.4. The number of aliphatic hydroxyl groups excluding tert-OH is 1. The highest BCUT2D eigenvalue weighted by molar-refractivity contribution is 7.17. The van der Waals surface area contributed by atoms with Gasteiger partial charge in [0.1, 0.15) is 23.1 Å². The second kappa shape index (κ2) is 9.40. The molecule has 2 aromatic carbocycles. The fourth-order valence-corrected chi connectivity index (χ4v) is 4.61. The molecule has 172 valence electrons. The summed E-state index contributed by atoms with van der Waals surface area (Å²) in [5.74, 6) is -3.39. The Labute approximate surface area is 198 Å². The molecule has 34 heavy (non-hydrogen) atoms. The zero-order chi connectivity index (χ0) is 24.4. The van der Waals surface area contributed by atoms with Crippen LogP contribution in [-0.2, 0) is 14.3 Å². The molecule has 0 radical (unpaired) electrons. The molecule has 4 rings (SSSR count). The Morgan fingerprint density at radius 2 is 1.88 bits per heavy atom. The highest BCUT2D eigenvalue weighted by atomic mass is 32.1. The minimum absolute atomic E-state index is 0.0116. The van der Waals surface area contributed by atoms with E-state index in [2.05, 4.69) is 11.6 Å². The number of hydrogen-bond acceptors (Lipinski definition) is 7. The van der Waals surface area contributed by atoms with Crippen molar-refractivity contribution >= 4 is 39.9 Å². The number of aliphatic hydroxyl groups is 1. The van der Waals surface area contributed by atoms with Gasteiger partial charge in [0.2, 0.25) is 0 Å². The quantitative estimate of drug-likeness (QED) is 0.183. The Hall–Kier alpha value is -4.11. The number of Topliss-reactive ketones (excluding diaryl/α,β-unsaturated/α-hetero) is 1. The van der Waals surface area contributed by atoms with E-state index in [1.165, 1.54) is 18.2 Å². The number of benzene rings is 2. The number of carbonyl (C=O) groups excluding carboxylic acids is 3. The average Bonchev–Trinajstić information content (AvgIpc) is 3.35. The van der Waals surface area contributed by atoms with Crippen LogP contribution in [0, 0.1) is 12.7 Å². The molecule has 3 aromatic rings. The molecule has 1 N–H and O–H groups in total. The molecule has 1 amide bonds. The number of halogens is 1. The molecule has 0 unspecified atom stereocenters. The summed E-state index contributed by atoms with van der Waals surface area (Å²) in [5, 5.41) is 11.1. The molecular formula is C25H19FN2O5S. The van der Waals surface area contributed by atoms with Crippen molar-refractivity contribution in [2.45, 2.75) is 13.0 Å². The molecule has 2 heterocycles. The summed E-state index contributed by atoms with van der Waals surface area (Å²) in [6, 6.07) is 12.6. The average molecular weight is 479 g/mol. The first-order valence-corrected chi connectivity index (χ1v) is 11.0. The van der Waals surface area contributed by atoms with E-state index in [9.17, 15) is 23.9 Å². The van der Waals surface area contributed by atoms with Crippen LogP contribution in [0.2, 0.25) is 0 Å². The van der Waals surface area contributed by atoms with Gasteiger partial charge >= 0.3 is 11.9 Å². The van der Waals surface area contributed by atoms with Crippen LogP contribution in [0.4, 0.5) is 9.52 Å². The first kappa shape index (κ1) is 23.1. The van der Waals surface area contributed by atoms with Crippen LogP contribution in [0.25, 0.3) is 5.76 Å². The molecule has 1 aliphatic heterocycles. The Morgan fingerprint density at radius 1 is 1.21 bits per heavy atom. The van der Waals surface area contributed by atoms with Crippen molar-refractivity contribution in [1.29, 1.82) is 0 Å². The number of aryl methyl sites for hydroxylation is 1. The zero-order valence-electron chi connectivity index (χ0n) is 18.0. The minimum atomic E-state index is -1.01. The summed E-state index contributed by atoms with van der Waals surface area (Å²) in [6.07, 6.45) is 1.43. The van der Waals surface area contributed by atoms with Crippen molar-refractivity contribution in [2.75, 3.05) is 11.5 Å². The van der Waals surface area contributed by atoms with E-state index in [0.717, 1.165) is 28.4 Å². The second-order valence-electron chi connectivity index (χ2n) is 7.38. The SMILES string of the molecule is C=CCOC(=O)c1sc(N2C(=O)C(=O)C(=C(O)c3ccc(F)cc3)[C@H]2c2ccccc2)nc1C. The highest BCUT2D eigenvalue weighted by Crippen LogP contribution is 2.43. The van der Waals surface area contributed by atoms with E-state index in [-0.39, 0.29) is 27.8 Å². The van der Waals surface area contributed by atoms with Crippen molar-refractivity contribution in [3.05, 3.63) is 100 Å². The Kier molecular flexibility index (Phi) is 6.38. The van der Waals surface area contributed by atoms with E-state index in [1.807, 2.05) is 0 Å². The third-order valence-electron chi connectivity index (χ3n) is 5.19. The van der Waals surface area contributed by atoms with E-state index in [0.29, 0.717) is 11.3 Å². The topological polar surface area (TPSA) is 96.8 Å². The lowest BCUT2D eigenvalue weighted by molar-refractivity contribution is -0.132. The van der Waals surface area contributed by atoms with Gasteiger partial charge < -0.3 is 9.84 Å². The fourth-order valence-electron chi connectivity index (χ4n) is 3.62. The first-order valence-electron chi connectivity index (χ1n) is 10.2. The summed E-state index contributed by atoms with van der Waals surface area (Å²) in [4.78, 5) is 44.4. The molecule has 1 atom stereocenters. The predicted molar refractivity (Wildman–Crippen MR) is 125 cm³/mol. The molecule has 1 aromatic heterocycles. The molecule has 1 fully saturated rings. The number of ether oxygens (including phenoxy) is 1. The Bertz CT molecular complexity index is 1310. The van der Waals surface area contributed by atoms with Gasteiger partial charge in [-0.3, -0.25) is 14.5 Å². The van der Waals surface area contributed by atoms with Crippen LogP contribution in [0.1, 0.15) is 32.5 Å². The van der Waals surface area contributed by atoms with Crippen LogP contribution in [-0.4, -0.2) is 34.4 Å². The van der Waals surface area contributed by atoms with Crippen molar-refractivity contribution < 1.29 is 28.6 Å². The molecule has 1 saturated heterocycles. The van der Waals surface area contributed by atoms with Gasteiger partial charge in [0, 0.05) is 5.56 Å². The van der Waals surface area contributed by atoms with Crippen molar-refractivity contribution in [1.82, 2.24) is 4.98 Å². The number of hydrogen-bond donors (Lipinski definition) is 1. The van der Waals surface area contributed by atoms with Gasteiger partial charge in [-0.2, -0.15) is 0 Å². The minimum Gasteiger partial charge on any atom is -0.507 e. The first-order chi connectivity index (χ1) is 16.3. The zero-order valence-corrected chi connectivity index (χ0v) is 18.8. The van der Waals surface area contributed by atoms with Gasteiger partial charge in [0.05, 0.1) is 17.3 Å². The normalized spacial score (nSPS) is 17.1. The third kappa shape index (κ3) is 4.13. The Morgan fingerprint density at radius 3 is 2.53 bits per heavy atom. The lowest BCUT2D eigenvalue weighted by Crippen LogP contribution is -2.29. The lowest BCUT2D eigenvalue weighted by Gasteiger charge is -2.22. The molecule has 0 spiro atoms. The molecule has 9 heteroatoms.